The molecule has 0 saturated carbocycles. The molecule has 6 heteroatoms. The first-order chi connectivity index (χ1) is 8.04. The molecule has 0 saturated heterocycles. The van der Waals surface area contributed by atoms with Crippen LogP contribution in [0, 0.1) is 0 Å². The summed E-state index contributed by atoms with van der Waals surface area (Å²) >= 11 is 11.2. The topological polar surface area (TPSA) is 57.6 Å². The Balaban J connectivity index is 2.38. The van der Waals surface area contributed by atoms with Gasteiger partial charge in [-0.05, 0) is 18.2 Å². The van der Waals surface area contributed by atoms with Gasteiger partial charge >= 0.3 is 0 Å². The molecule has 1 heterocycles. The molecular formula is C11H9Cl2NO3. The molecule has 1 atom stereocenters. The molecular weight excluding hydrogens is 265 g/mol. The molecule has 4 nitrogen and oxygen atoms in total. The number of Topliss-reactive ketones (excluding diaryl/α,β-unsaturated/α-hetero) is 1. The van der Waals surface area contributed by atoms with Gasteiger partial charge in [0, 0.05) is 5.02 Å². The van der Waals surface area contributed by atoms with Gasteiger partial charge in [0.25, 0.3) is 11.7 Å². The number of β-amino-alcohol motifs (C(OH)–C–C–N with tert-alkyl or cyclic N) is 1. The minimum atomic E-state index is -0.866. The van der Waals surface area contributed by atoms with Crippen molar-refractivity contribution >= 4 is 40.6 Å². The molecule has 1 aromatic rings. The number of anilines is 1. The standard InChI is InChI=1S/C11H9Cl2NO3/c12-4-7(15)5-14-9-2-1-6(13)3-8(9)10(16)11(14)17/h1-3,7,15H,4-5H2. The van der Waals surface area contributed by atoms with Crippen molar-refractivity contribution in [1.29, 1.82) is 0 Å². The molecule has 0 bridgehead atoms. The van der Waals surface area contributed by atoms with E-state index in [4.69, 9.17) is 23.2 Å². The number of halogens is 2. The van der Waals surface area contributed by atoms with E-state index in [2.05, 4.69) is 0 Å². The quantitative estimate of drug-likeness (QED) is 0.670. The fourth-order valence-electron chi connectivity index (χ4n) is 1.71. The lowest BCUT2D eigenvalue weighted by Crippen LogP contribution is -2.37. The van der Waals surface area contributed by atoms with Gasteiger partial charge in [-0.25, -0.2) is 0 Å². The highest BCUT2D eigenvalue weighted by Crippen LogP contribution is 2.31. The summed E-state index contributed by atoms with van der Waals surface area (Å²) in [7, 11) is 0. The van der Waals surface area contributed by atoms with Gasteiger partial charge < -0.3 is 10.0 Å². The van der Waals surface area contributed by atoms with Gasteiger partial charge in [-0.2, -0.15) is 0 Å². The average molecular weight is 274 g/mol. The van der Waals surface area contributed by atoms with Crippen LogP contribution in [-0.2, 0) is 4.79 Å². The summed E-state index contributed by atoms with van der Waals surface area (Å²) in [5, 5.41) is 9.83. The molecule has 1 aliphatic rings. The number of carbonyl (C=O) groups is 2. The Morgan fingerprint density at radius 1 is 1.35 bits per heavy atom. The zero-order valence-electron chi connectivity index (χ0n) is 8.69. The molecule has 1 aromatic carbocycles. The second kappa shape index (κ2) is 4.64. The number of hydrogen-bond acceptors (Lipinski definition) is 3. The number of aliphatic hydroxyl groups is 1. The molecule has 0 fully saturated rings. The zero-order valence-corrected chi connectivity index (χ0v) is 10.2. The number of ketones is 1. The maximum absolute atomic E-state index is 11.7. The Labute approximate surface area is 108 Å². The molecule has 0 aromatic heterocycles. The lowest BCUT2D eigenvalue weighted by molar-refractivity contribution is -0.114. The number of aliphatic hydroxyl groups excluding tert-OH is 1. The molecule has 1 aliphatic heterocycles. The monoisotopic (exact) mass is 273 g/mol. The Kier molecular flexibility index (Phi) is 3.38. The van der Waals surface area contributed by atoms with Crippen molar-refractivity contribution in [2.45, 2.75) is 6.10 Å². The first-order valence-corrected chi connectivity index (χ1v) is 5.85. The van der Waals surface area contributed by atoms with Crippen molar-refractivity contribution in [2.75, 3.05) is 17.3 Å². The van der Waals surface area contributed by atoms with E-state index in [-0.39, 0.29) is 18.0 Å². The third kappa shape index (κ3) is 2.16. The van der Waals surface area contributed by atoms with Crippen molar-refractivity contribution in [3.63, 3.8) is 0 Å². The van der Waals surface area contributed by atoms with Crippen LogP contribution in [0.15, 0.2) is 18.2 Å². The number of alkyl halides is 1. The summed E-state index contributed by atoms with van der Waals surface area (Å²) in [5.74, 6) is -1.27. The first-order valence-electron chi connectivity index (χ1n) is 4.94. The summed E-state index contributed by atoms with van der Waals surface area (Å²) in [5.41, 5.74) is 0.734. The van der Waals surface area contributed by atoms with E-state index in [0.29, 0.717) is 10.7 Å². The van der Waals surface area contributed by atoms with E-state index in [1.54, 1.807) is 12.1 Å². The Bertz CT molecular complexity index is 490. The van der Waals surface area contributed by atoms with Crippen LogP contribution in [0.25, 0.3) is 0 Å². The molecule has 2 rings (SSSR count). The number of rotatable bonds is 3. The van der Waals surface area contributed by atoms with E-state index >= 15 is 0 Å². The van der Waals surface area contributed by atoms with Gasteiger partial charge in [0.15, 0.2) is 0 Å². The average Bonchev–Trinajstić information content (AvgIpc) is 2.54. The van der Waals surface area contributed by atoms with Crippen molar-refractivity contribution < 1.29 is 14.7 Å². The minimum absolute atomic E-state index is 0.000886. The highest BCUT2D eigenvalue weighted by atomic mass is 35.5. The molecule has 0 radical (unpaired) electrons. The third-order valence-corrected chi connectivity index (χ3v) is 3.10. The smallest absolute Gasteiger partial charge is 0.299 e. The van der Waals surface area contributed by atoms with Crippen LogP contribution in [0.3, 0.4) is 0 Å². The third-order valence-electron chi connectivity index (χ3n) is 2.50. The summed E-state index contributed by atoms with van der Waals surface area (Å²) in [6.07, 6.45) is -0.866. The number of amides is 1. The highest BCUT2D eigenvalue weighted by molar-refractivity contribution is 6.52. The highest BCUT2D eigenvalue weighted by Gasteiger charge is 2.36. The molecule has 1 amide bonds. The van der Waals surface area contributed by atoms with Crippen molar-refractivity contribution in [3.05, 3.63) is 28.8 Å². The maximum atomic E-state index is 11.7. The summed E-state index contributed by atoms with van der Waals surface area (Å²) < 4.78 is 0. The van der Waals surface area contributed by atoms with Crippen molar-refractivity contribution in [1.82, 2.24) is 0 Å². The van der Waals surface area contributed by atoms with Crippen LogP contribution in [0.4, 0.5) is 5.69 Å². The number of benzene rings is 1. The van der Waals surface area contributed by atoms with E-state index in [1.807, 2.05) is 0 Å². The summed E-state index contributed by atoms with van der Waals surface area (Å²) in [4.78, 5) is 24.6. The summed E-state index contributed by atoms with van der Waals surface area (Å²) in [6.45, 7) is 0.00268. The molecule has 0 aliphatic carbocycles. The van der Waals surface area contributed by atoms with Crippen molar-refractivity contribution in [2.24, 2.45) is 0 Å². The van der Waals surface area contributed by atoms with Crippen LogP contribution < -0.4 is 4.90 Å². The van der Waals surface area contributed by atoms with Crippen LogP contribution >= 0.6 is 23.2 Å². The predicted molar refractivity (Wildman–Crippen MR) is 64.9 cm³/mol. The van der Waals surface area contributed by atoms with E-state index in [9.17, 15) is 14.7 Å². The number of fused-ring (bicyclic) bond motifs is 1. The number of carbonyl (C=O) groups excluding carboxylic acids is 2. The Hall–Kier alpha value is -1.10. The lowest BCUT2D eigenvalue weighted by Gasteiger charge is -2.18. The maximum Gasteiger partial charge on any atom is 0.299 e. The van der Waals surface area contributed by atoms with Gasteiger partial charge in [0.1, 0.15) is 0 Å². The van der Waals surface area contributed by atoms with Crippen LogP contribution in [0.2, 0.25) is 5.02 Å². The Morgan fingerprint density at radius 3 is 2.71 bits per heavy atom. The largest absolute Gasteiger partial charge is 0.390 e. The zero-order chi connectivity index (χ0) is 12.6. The molecule has 0 spiro atoms. The molecule has 1 unspecified atom stereocenters. The number of nitrogens with zero attached hydrogens (tertiary/aromatic N) is 1. The van der Waals surface area contributed by atoms with E-state index < -0.39 is 17.8 Å². The van der Waals surface area contributed by atoms with Crippen LogP contribution in [-0.4, -0.2) is 35.3 Å². The molecule has 17 heavy (non-hydrogen) atoms. The van der Waals surface area contributed by atoms with Gasteiger partial charge in [0.05, 0.1) is 29.8 Å². The van der Waals surface area contributed by atoms with Crippen LogP contribution in [0.5, 0.6) is 0 Å². The number of hydrogen-bond donors (Lipinski definition) is 1. The Morgan fingerprint density at radius 2 is 2.06 bits per heavy atom. The lowest BCUT2D eigenvalue weighted by atomic mass is 10.1. The second-order valence-corrected chi connectivity index (χ2v) is 4.46. The fourth-order valence-corrected chi connectivity index (χ4v) is 1.98. The second-order valence-electron chi connectivity index (χ2n) is 3.71. The van der Waals surface area contributed by atoms with Crippen molar-refractivity contribution in [3.8, 4) is 0 Å². The van der Waals surface area contributed by atoms with Gasteiger partial charge in [0.2, 0.25) is 0 Å². The molecule has 1 N–H and O–H groups in total. The fraction of sp³-hybridized carbons (Fsp3) is 0.273. The van der Waals surface area contributed by atoms with E-state index in [0.717, 1.165) is 0 Å². The van der Waals surface area contributed by atoms with Gasteiger partial charge in [-0.15, -0.1) is 11.6 Å². The predicted octanol–water partition coefficient (Wildman–Crippen LogP) is 1.47. The summed E-state index contributed by atoms with van der Waals surface area (Å²) in [6, 6.07) is 4.62. The normalized spacial score (nSPS) is 16.3. The van der Waals surface area contributed by atoms with Crippen LogP contribution in [0.1, 0.15) is 10.4 Å². The molecule has 90 valence electrons. The van der Waals surface area contributed by atoms with Gasteiger partial charge in [-0.1, -0.05) is 11.6 Å². The minimum Gasteiger partial charge on any atom is -0.390 e. The van der Waals surface area contributed by atoms with Gasteiger partial charge in [-0.3, -0.25) is 9.59 Å². The first kappa shape index (κ1) is 12.4. The SMILES string of the molecule is O=C1C(=O)N(CC(O)CCl)c2ccc(Cl)cc21. The van der Waals surface area contributed by atoms with E-state index in [1.165, 1.54) is 11.0 Å².